The lowest BCUT2D eigenvalue weighted by molar-refractivity contribution is -0.114. The van der Waals surface area contributed by atoms with E-state index < -0.39 is 0 Å². The number of amides is 1. The summed E-state index contributed by atoms with van der Waals surface area (Å²) in [5.41, 5.74) is 3.25. The van der Waals surface area contributed by atoms with Gasteiger partial charge < -0.3 is 10.7 Å². The van der Waals surface area contributed by atoms with Gasteiger partial charge in [0.15, 0.2) is 5.82 Å². The predicted molar refractivity (Wildman–Crippen MR) is 82.4 cm³/mol. The van der Waals surface area contributed by atoms with Crippen LogP contribution < -0.4 is 16.6 Å². The van der Waals surface area contributed by atoms with Crippen molar-refractivity contribution >= 4 is 45.1 Å². The number of nitrogen functional groups attached to an aromatic ring is 1. The van der Waals surface area contributed by atoms with Crippen molar-refractivity contribution in [1.82, 2.24) is 9.97 Å². The summed E-state index contributed by atoms with van der Waals surface area (Å²) >= 11 is 4.87. The predicted octanol–water partition coefficient (Wildman–Crippen LogP) is 2.63. The second-order valence-corrected chi connectivity index (χ2v) is 5.65. The molecule has 104 valence electrons. The van der Waals surface area contributed by atoms with Gasteiger partial charge in [0, 0.05) is 17.5 Å². The molecular formula is C12H12BrN5OS. The first-order valence-corrected chi connectivity index (χ1v) is 7.23. The zero-order valence-corrected chi connectivity index (χ0v) is 13.0. The Kier molecular flexibility index (Phi) is 4.94. The molecule has 1 heterocycles. The van der Waals surface area contributed by atoms with Crippen LogP contribution in [0.3, 0.4) is 0 Å². The van der Waals surface area contributed by atoms with E-state index in [1.165, 1.54) is 25.0 Å². The maximum Gasteiger partial charge on any atom is 0.221 e. The summed E-state index contributed by atoms with van der Waals surface area (Å²) in [5.74, 6) is 5.79. The number of aromatic nitrogens is 2. The minimum Gasteiger partial charge on any atom is -0.326 e. The number of hydrogen-bond acceptors (Lipinski definition) is 6. The standard InChI is InChI=1S/C12H12BrN5OS/c1-7(19)17-8-2-4-9(5-3-8)20-12-10(13)11(18-14)15-6-16-12/h2-6H,14H2,1H3,(H,17,19)(H,15,16,18). The van der Waals surface area contributed by atoms with E-state index in [0.29, 0.717) is 10.3 Å². The van der Waals surface area contributed by atoms with Gasteiger partial charge in [-0.15, -0.1) is 0 Å². The third-order valence-corrected chi connectivity index (χ3v) is 4.31. The molecule has 8 heteroatoms. The van der Waals surface area contributed by atoms with Crippen molar-refractivity contribution in [2.24, 2.45) is 5.84 Å². The van der Waals surface area contributed by atoms with E-state index in [1.807, 2.05) is 24.3 Å². The summed E-state index contributed by atoms with van der Waals surface area (Å²) in [7, 11) is 0. The van der Waals surface area contributed by atoms with Crippen molar-refractivity contribution in [3.63, 3.8) is 0 Å². The molecule has 0 fully saturated rings. The summed E-state index contributed by atoms with van der Waals surface area (Å²) in [4.78, 5) is 20.1. The van der Waals surface area contributed by atoms with Crippen LogP contribution in [0.5, 0.6) is 0 Å². The average molecular weight is 354 g/mol. The van der Waals surface area contributed by atoms with Crippen LogP contribution >= 0.6 is 27.7 Å². The van der Waals surface area contributed by atoms with E-state index in [4.69, 9.17) is 5.84 Å². The quantitative estimate of drug-likeness (QED) is 0.444. The lowest BCUT2D eigenvalue weighted by atomic mass is 10.3. The lowest BCUT2D eigenvalue weighted by Crippen LogP contribution is -2.09. The Morgan fingerprint density at radius 3 is 2.60 bits per heavy atom. The summed E-state index contributed by atoms with van der Waals surface area (Å²) < 4.78 is 0.707. The Morgan fingerprint density at radius 2 is 2.00 bits per heavy atom. The molecule has 1 aromatic carbocycles. The Hall–Kier alpha value is -1.64. The SMILES string of the molecule is CC(=O)Nc1ccc(Sc2ncnc(NN)c2Br)cc1. The summed E-state index contributed by atoms with van der Waals surface area (Å²) in [6, 6.07) is 7.47. The Morgan fingerprint density at radius 1 is 1.30 bits per heavy atom. The van der Waals surface area contributed by atoms with Crippen LogP contribution in [0.15, 0.2) is 45.0 Å². The first kappa shape index (κ1) is 14.8. The zero-order chi connectivity index (χ0) is 14.5. The molecule has 0 bridgehead atoms. The normalized spacial score (nSPS) is 10.2. The first-order valence-electron chi connectivity index (χ1n) is 5.63. The Labute approximate surface area is 128 Å². The highest BCUT2D eigenvalue weighted by Crippen LogP contribution is 2.34. The van der Waals surface area contributed by atoms with Crippen LogP contribution in [-0.2, 0) is 4.79 Å². The second-order valence-electron chi connectivity index (χ2n) is 3.79. The molecule has 20 heavy (non-hydrogen) atoms. The van der Waals surface area contributed by atoms with Crippen LogP contribution in [0.2, 0.25) is 0 Å². The molecule has 0 saturated heterocycles. The van der Waals surface area contributed by atoms with E-state index in [-0.39, 0.29) is 5.91 Å². The number of nitrogens with zero attached hydrogens (tertiary/aromatic N) is 2. The number of benzene rings is 1. The molecule has 0 spiro atoms. The molecule has 0 aliphatic rings. The average Bonchev–Trinajstić information content (AvgIpc) is 2.43. The minimum atomic E-state index is -0.0948. The molecule has 2 aromatic rings. The van der Waals surface area contributed by atoms with Crippen LogP contribution in [0.1, 0.15) is 6.92 Å². The van der Waals surface area contributed by atoms with E-state index in [9.17, 15) is 4.79 Å². The second kappa shape index (κ2) is 6.69. The van der Waals surface area contributed by atoms with Crippen LogP contribution in [0.25, 0.3) is 0 Å². The van der Waals surface area contributed by atoms with Gasteiger partial charge in [0.05, 0.1) is 4.47 Å². The number of nitrogens with one attached hydrogen (secondary N) is 2. The van der Waals surface area contributed by atoms with Crippen molar-refractivity contribution in [1.29, 1.82) is 0 Å². The first-order chi connectivity index (χ1) is 9.60. The fourth-order valence-electron chi connectivity index (χ4n) is 1.45. The van der Waals surface area contributed by atoms with Gasteiger partial charge in [0.25, 0.3) is 0 Å². The summed E-state index contributed by atoms with van der Waals surface area (Å²) in [6.45, 7) is 1.47. The molecule has 0 radical (unpaired) electrons. The van der Waals surface area contributed by atoms with E-state index in [2.05, 4.69) is 36.6 Å². The zero-order valence-electron chi connectivity index (χ0n) is 10.6. The van der Waals surface area contributed by atoms with Gasteiger partial charge in [-0.25, -0.2) is 15.8 Å². The molecule has 1 aromatic heterocycles. The van der Waals surface area contributed by atoms with Crippen molar-refractivity contribution < 1.29 is 4.79 Å². The van der Waals surface area contributed by atoms with Gasteiger partial charge in [-0.3, -0.25) is 4.79 Å². The van der Waals surface area contributed by atoms with Crippen LogP contribution in [0.4, 0.5) is 11.5 Å². The van der Waals surface area contributed by atoms with Gasteiger partial charge in [-0.2, -0.15) is 0 Å². The third-order valence-electron chi connectivity index (χ3n) is 2.28. The highest BCUT2D eigenvalue weighted by atomic mass is 79.9. The van der Waals surface area contributed by atoms with Crippen molar-refractivity contribution in [3.8, 4) is 0 Å². The maximum atomic E-state index is 10.9. The molecule has 2 rings (SSSR count). The summed E-state index contributed by atoms with van der Waals surface area (Å²) in [6.07, 6.45) is 1.44. The van der Waals surface area contributed by atoms with Gasteiger partial charge in [-0.1, -0.05) is 11.8 Å². The monoisotopic (exact) mass is 353 g/mol. The Balaban J connectivity index is 2.16. The molecule has 4 N–H and O–H groups in total. The van der Waals surface area contributed by atoms with E-state index in [0.717, 1.165) is 15.6 Å². The lowest BCUT2D eigenvalue weighted by Gasteiger charge is -2.07. The molecule has 0 unspecified atom stereocenters. The number of carbonyl (C=O) groups excluding carboxylic acids is 1. The number of halogens is 1. The summed E-state index contributed by atoms with van der Waals surface area (Å²) in [5, 5.41) is 3.47. The van der Waals surface area contributed by atoms with Crippen LogP contribution in [-0.4, -0.2) is 15.9 Å². The molecule has 0 aliphatic carbocycles. The third kappa shape index (κ3) is 3.69. The topological polar surface area (TPSA) is 92.9 Å². The van der Waals surface area contributed by atoms with Crippen molar-refractivity contribution in [2.45, 2.75) is 16.8 Å². The molecule has 0 saturated carbocycles. The molecule has 6 nitrogen and oxygen atoms in total. The fourth-order valence-corrected chi connectivity index (χ4v) is 2.79. The number of hydrazine groups is 1. The number of carbonyl (C=O) groups is 1. The van der Waals surface area contributed by atoms with Crippen molar-refractivity contribution in [2.75, 3.05) is 10.7 Å². The van der Waals surface area contributed by atoms with Gasteiger partial charge in [0.2, 0.25) is 5.91 Å². The number of hydrogen-bond donors (Lipinski definition) is 3. The number of anilines is 2. The highest BCUT2D eigenvalue weighted by molar-refractivity contribution is 9.10. The fraction of sp³-hybridized carbons (Fsp3) is 0.0833. The van der Waals surface area contributed by atoms with Crippen LogP contribution in [0, 0.1) is 0 Å². The minimum absolute atomic E-state index is 0.0948. The highest BCUT2D eigenvalue weighted by Gasteiger charge is 2.09. The number of rotatable bonds is 4. The van der Waals surface area contributed by atoms with Gasteiger partial charge in [-0.05, 0) is 40.2 Å². The number of nitrogens with two attached hydrogens (primary N) is 1. The largest absolute Gasteiger partial charge is 0.326 e. The Bertz CT molecular complexity index is 620. The molecule has 0 atom stereocenters. The molecule has 0 aliphatic heterocycles. The molecular weight excluding hydrogens is 342 g/mol. The molecule has 1 amide bonds. The maximum absolute atomic E-state index is 10.9. The van der Waals surface area contributed by atoms with Crippen molar-refractivity contribution in [3.05, 3.63) is 35.1 Å². The van der Waals surface area contributed by atoms with E-state index >= 15 is 0 Å². The van der Waals surface area contributed by atoms with Gasteiger partial charge in [0.1, 0.15) is 11.4 Å². The van der Waals surface area contributed by atoms with Gasteiger partial charge >= 0.3 is 0 Å². The smallest absolute Gasteiger partial charge is 0.221 e. The van der Waals surface area contributed by atoms with E-state index in [1.54, 1.807) is 0 Å².